The normalized spacial score (nSPS) is 12.4. The van der Waals surface area contributed by atoms with Gasteiger partial charge in [-0.05, 0) is 55.5 Å². The zero-order valence-electron chi connectivity index (χ0n) is 12.2. The molecule has 2 aromatic rings. The first-order valence-corrected chi connectivity index (χ1v) is 7.73. The Morgan fingerprint density at radius 2 is 2.15 bits per heavy atom. The number of thiophene rings is 1. The number of benzene rings is 1. The van der Waals surface area contributed by atoms with Gasteiger partial charge in [0.25, 0.3) is 0 Å². The van der Waals surface area contributed by atoms with E-state index in [-0.39, 0.29) is 11.9 Å². The summed E-state index contributed by atoms with van der Waals surface area (Å²) >= 11 is 1.74. The van der Waals surface area contributed by atoms with Gasteiger partial charge in [-0.2, -0.15) is 0 Å². The summed E-state index contributed by atoms with van der Waals surface area (Å²) in [5, 5.41) is 2.07. The third-order valence-electron chi connectivity index (χ3n) is 3.45. The third-order valence-corrected chi connectivity index (χ3v) is 4.31. The molecule has 0 fully saturated rings. The van der Waals surface area contributed by atoms with Gasteiger partial charge in [0, 0.05) is 23.2 Å². The number of aryl methyl sites for hydroxylation is 1. The quantitative estimate of drug-likeness (QED) is 0.893. The van der Waals surface area contributed by atoms with Crippen LogP contribution in [0.2, 0.25) is 0 Å². The molecule has 1 atom stereocenters. The summed E-state index contributed by atoms with van der Waals surface area (Å²) in [6.07, 6.45) is 0. The van der Waals surface area contributed by atoms with E-state index in [4.69, 9.17) is 5.73 Å². The van der Waals surface area contributed by atoms with Crippen LogP contribution in [0.4, 0.5) is 10.1 Å². The fourth-order valence-electron chi connectivity index (χ4n) is 2.28. The lowest BCUT2D eigenvalue weighted by Gasteiger charge is -2.27. The van der Waals surface area contributed by atoms with Crippen LogP contribution < -0.4 is 10.6 Å². The van der Waals surface area contributed by atoms with Crippen molar-refractivity contribution < 1.29 is 4.39 Å². The van der Waals surface area contributed by atoms with Crippen molar-refractivity contribution >= 4 is 17.0 Å². The Kier molecular flexibility index (Phi) is 4.78. The highest BCUT2D eigenvalue weighted by Gasteiger charge is 2.16. The Bertz CT molecular complexity index is 564. The van der Waals surface area contributed by atoms with Crippen LogP contribution in [-0.4, -0.2) is 6.54 Å². The van der Waals surface area contributed by atoms with E-state index in [1.165, 1.54) is 4.88 Å². The van der Waals surface area contributed by atoms with E-state index in [1.54, 1.807) is 24.3 Å². The smallest absolute Gasteiger partial charge is 0.126 e. The van der Waals surface area contributed by atoms with Crippen LogP contribution in [0, 0.1) is 12.7 Å². The molecular formula is C16H21FN2S. The second kappa shape index (κ2) is 6.37. The number of hydrogen-bond donors (Lipinski definition) is 1. The molecule has 0 amide bonds. The first-order valence-electron chi connectivity index (χ1n) is 6.85. The molecule has 0 aliphatic heterocycles. The lowest BCUT2D eigenvalue weighted by Crippen LogP contribution is -2.24. The van der Waals surface area contributed by atoms with Gasteiger partial charge in [-0.25, -0.2) is 4.39 Å². The SMILES string of the molecule is CCN(Cc1cccs1)c1cc(C)c(F)cc1[C@H](C)N. The molecule has 0 saturated carbocycles. The van der Waals surface area contributed by atoms with Crippen LogP contribution in [0.15, 0.2) is 29.6 Å². The van der Waals surface area contributed by atoms with Gasteiger partial charge in [0.15, 0.2) is 0 Å². The third kappa shape index (κ3) is 3.19. The minimum absolute atomic E-state index is 0.183. The number of rotatable bonds is 5. The first-order chi connectivity index (χ1) is 9.52. The molecule has 2 nitrogen and oxygen atoms in total. The molecule has 1 heterocycles. The number of halogens is 1. The van der Waals surface area contributed by atoms with Crippen molar-refractivity contribution in [1.29, 1.82) is 0 Å². The van der Waals surface area contributed by atoms with Gasteiger partial charge < -0.3 is 10.6 Å². The molecule has 1 aromatic heterocycles. The molecule has 20 heavy (non-hydrogen) atoms. The number of nitrogens with two attached hydrogens (primary N) is 1. The Morgan fingerprint density at radius 1 is 1.40 bits per heavy atom. The predicted octanol–water partition coefficient (Wildman–Crippen LogP) is 4.24. The monoisotopic (exact) mass is 292 g/mol. The van der Waals surface area contributed by atoms with Crippen LogP contribution in [0.5, 0.6) is 0 Å². The molecule has 0 bridgehead atoms. The van der Waals surface area contributed by atoms with Crippen LogP contribution in [0.3, 0.4) is 0 Å². The van der Waals surface area contributed by atoms with E-state index >= 15 is 0 Å². The average Bonchev–Trinajstić information content (AvgIpc) is 2.91. The number of anilines is 1. The van der Waals surface area contributed by atoms with Gasteiger partial charge in [0.05, 0.1) is 6.54 Å². The van der Waals surface area contributed by atoms with Crippen LogP contribution >= 0.6 is 11.3 Å². The Balaban J connectivity index is 2.39. The largest absolute Gasteiger partial charge is 0.366 e. The van der Waals surface area contributed by atoms with E-state index < -0.39 is 0 Å². The molecular weight excluding hydrogens is 271 g/mol. The van der Waals surface area contributed by atoms with E-state index in [0.29, 0.717) is 5.56 Å². The fourth-order valence-corrected chi connectivity index (χ4v) is 3.00. The lowest BCUT2D eigenvalue weighted by molar-refractivity contribution is 0.612. The van der Waals surface area contributed by atoms with Gasteiger partial charge in [0.2, 0.25) is 0 Å². The summed E-state index contributed by atoms with van der Waals surface area (Å²) in [5.41, 5.74) is 8.57. The molecule has 108 valence electrons. The molecule has 0 spiro atoms. The fraction of sp³-hybridized carbons (Fsp3) is 0.375. The van der Waals surface area contributed by atoms with Crippen LogP contribution in [0.25, 0.3) is 0 Å². The van der Waals surface area contributed by atoms with Crippen molar-refractivity contribution in [3.63, 3.8) is 0 Å². The van der Waals surface area contributed by atoms with E-state index in [9.17, 15) is 4.39 Å². The van der Waals surface area contributed by atoms with Crippen molar-refractivity contribution in [2.75, 3.05) is 11.4 Å². The lowest BCUT2D eigenvalue weighted by atomic mass is 10.0. The van der Waals surface area contributed by atoms with Crippen molar-refractivity contribution in [1.82, 2.24) is 0 Å². The molecule has 0 unspecified atom stereocenters. The highest BCUT2D eigenvalue weighted by Crippen LogP contribution is 2.30. The molecule has 0 aliphatic carbocycles. The van der Waals surface area contributed by atoms with Gasteiger partial charge in [-0.15, -0.1) is 11.3 Å². The minimum atomic E-state index is -0.187. The average molecular weight is 292 g/mol. The molecule has 0 aliphatic rings. The van der Waals surface area contributed by atoms with Gasteiger partial charge in [-0.3, -0.25) is 0 Å². The Hall–Kier alpha value is -1.39. The first kappa shape index (κ1) is 15.0. The molecule has 4 heteroatoms. The Labute approximate surface area is 124 Å². The van der Waals surface area contributed by atoms with E-state index in [2.05, 4.69) is 29.3 Å². The number of hydrogen-bond acceptors (Lipinski definition) is 3. The van der Waals surface area contributed by atoms with Gasteiger partial charge in [-0.1, -0.05) is 6.07 Å². The molecule has 2 rings (SSSR count). The molecule has 0 radical (unpaired) electrons. The summed E-state index contributed by atoms with van der Waals surface area (Å²) in [6, 6.07) is 7.47. The van der Waals surface area contributed by atoms with Crippen molar-refractivity contribution in [2.24, 2.45) is 5.73 Å². The maximum atomic E-state index is 13.8. The summed E-state index contributed by atoms with van der Waals surface area (Å²) in [5.74, 6) is -0.187. The van der Waals surface area contributed by atoms with Crippen LogP contribution in [-0.2, 0) is 6.54 Å². The second-order valence-corrected chi connectivity index (χ2v) is 6.07. The summed E-state index contributed by atoms with van der Waals surface area (Å²) in [4.78, 5) is 3.54. The second-order valence-electron chi connectivity index (χ2n) is 5.04. The highest BCUT2D eigenvalue weighted by molar-refractivity contribution is 7.09. The summed E-state index contributed by atoms with van der Waals surface area (Å²) in [6.45, 7) is 7.49. The van der Waals surface area contributed by atoms with Crippen molar-refractivity contribution in [2.45, 2.75) is 33.4 Å². The van der Waals surface area contributed by atoms with Crippen molar-refractivity contribution in [3.8, 4) is 0 Å². The van der Waals surface area contributed by atoms with E-state index in [1.807, 2.05) is 13.0 Å². The maximum Gasteiger partial charge on any atom is 0.126 e. The highest BCUT2D eigenvalue weighted by atomic mass is 32.1. The maximum absolute atomic E-state index is 13.8. The number of nitrogens with zero attached hydrogens (tertiary/aromatic N) is 1. The summed E-state index contributed by atoms with van der Waals surface area (Å²) in [7, 11) is 0. The van der Waals surface area contributed by atoms with Gasteiger partial charge >= 0.3 is 0 Å². The van der Waals surface area contributed by atoms with Gasteiger partial charge in [0.1, 0.15) is 5.82 Å². The summed E-state index contributed by atoms with van der Waals surface area (Å²) < 4.78 is 13.8. The zero-order valence-corrected chi connectivity index (χ0v) is 13.0. The van der Waals surface area contributed by atoms with Crippen LogP contribution in [0.1, 0.15) is 35.9 Å². The molecule has 2 N–H and O–H groups in total. The van der Waals surface area contributed by atoms with Crippen molar-refractivity contribution in [3.05, 3.63) is 51.5 Å². The standard InChI is InChI=1S/C16H21FN2S/c1-4-19(10-13-6-5-7-20-13)16-8-11(2)15(17)9-14(16)12(3)18/h5-9,12H,4,10,18H2,1-3H3/t12-/m0/s1. The predicted molar refractivity (Wildman–Crippen MR) is 84.8 cm³/mol. The minimum Gasteiger partial charge on any atom is -0.366 e. The topological polar surface area (TPSA) is 29.3 Å². The van der Waals surface area contributed by atoms with E-state index in [0.717, 1.165) is 24.3 Å². The zero-order chi connectivity index (χ0) is 14.7. The Morgan fingerprint density at radius 3 is 2.70 bits per heavy atom. The molecule has 1 aromatic carbocycles. The molecule has 0 saturated heterocycles.